The zero-order valence-corrected chi connectivity index (χ0v) is 14.8. The first-order valence-corrected chi connectivity index (χ1v) is 8.72. The lowest BCUT2D eigenvalue weighted by molar-refractivity contribution is -0.384. The van der Waals surface area contributed by atoms with E-state index in [1.165, 1.54) is 35.6 Å². The largest absolute Gasteiger partial charge is 0.486 e. The molecule has 2 heterocycles. The molecule has 0 bridgehead atoms. The van der Waals surface area contributed by atoms with Gasteiger partial charge in [-0.15, -0.1) is 11.3 Å². The molecule has 2 aromatic carbocycles. The van der Waals surface area contributed by atoms with Crippen molar-refractivity contribution in [3.05, 3.63) is 68.7 Å². The molecule has 0 spiro atoms. The maximum atomic E-state index is 12.2. The van der Waals surface area contributed by atoms with Crippen molar-refractivity contribution in [3.8, 4) is 11.5 Å². The van der Waals surface area contributed by atoms with Crippen LogP contribution in [-0.2, 0) is 6.61 Å². The number of non-ortho nitro benzene ring substituents is 1. The van der Waals surface area contributed by atoms with Crippen LogP contribution in [0.3, 0.4) is 0 Å². The molecule has 0 N–H and O–H groups in total. The van der Waals surface area contributed by atoms with Crippen LogP contribution >= 0.6 is 11.3 Å². The van der Waals surface area contributed by atoms with E-state index in [9.17, 15) is 14.9 Å². The van der Waals surface area contributed by atoms with Gasteiger partial charge in [-0.2, -0.15) is 0 Å². The molecule has 0 atom stereocenters. The number of carbonyl (C=O) groups is 1. The number of carbonyl (C=O) groups excluding carboxylic acids is 1. The molecule has 0 saturated carbocycles. The number of hydrogen-bond acceptors (Lipinski definition) is 10. The van der Waals surface area contributed by atoms with E-state index in [4.69, 9.17) is 9.47 Å². The third kappa shape index (κ3) is 3.78. The van der Waals surface area contributed by atoms with Gasteiger partial charge in [-0.3, -0.25) is 10.1 Å². The number of nitrogens with zero attached hydrogens (tertiary/aromatic N) is 4. The molecule has 140 valence electrons. The third-order valence-corrected chi connectivity index (χ3v) is 4.43. The molecule has 11 heteroatoms. The molecule has 10 nitrogen and oxygen atoms in total. The summed E-state index contributed by atoms with van der Waals surface area (Å²) in [5.74, 6) is 0.0933. The molecular weight excluding hydrogens is 388 g/mol. The third-order valence-electron chi connectivity index (χ3n) is 3.61. The number of benzene rings is 2. The smallest absolute Gasteiger partial charge is 0.363 e. The minimum atomic E-state index is -0.661. The quantitative estimate of drug-likeness (QED) is 0.207. The van der Waals surface area contributed by atoms with E-state index in [1.807, 2.05) is 0 Å². The van der Waals surface area contributed by atoms with Gasteiger partial charge in [0, 0.05) is 23.6 Å². The van der Waals surface area contributed by atoms with Crippen molar-refractivity contribution >= 4 is 34.0 Å². The Bertz CT molecular complexity index is 1150. The van der Waals surface area contributed by atoms with Crippen molar-refractivity contribution in [2.75, 3.05) is 0 Å². The normalized spacial score (nSPS) is 10.7. The van der Waals surface area contributed by atoms with Gasteiger partial charge in [0.25, 0.3) is 5.69 Å². The Morgan fingerprint density at radius 3 is 2.64 bits per heavy atom. The first-order valence-electron chi connectivity index (χ1n) is 7.84. The highest BCUT2D eigenvalue weighted by Gasteiger charge is 2.15. The number of aromatic nitrogens is 3. The monoisotopic (exact) mass is 398 g/mol. The summed E-state index contributed by atoms with van der Waals surface area (Å²) in [6.45, 7) is 0.159. The molecule has 0 aliphatic rings. The number of esters is 1. The van der Waals surface area contributed by atoms with Crippen molar-refractivity contribution in [1.82, 2.24) is 15.3 Å². The van der Waals surface area contributed by atoms with E-state index >= 15 is 0 Å². The van der Waals surface area contributed by atoms with Crippen LogP contribution < -0.4 is 9.47 Å². The lowest BCUT2D eigenvalue weighted by Gasteiger charge is -2.03. The summed E-state index contributed by atoms with van der Waals surface area (Å²) >= 11 is 1.25. The molecule has 28 heavy (non-hydrogen) atoms. The fourth-order valence-electron chi connectivity index (χ4n) is 2.26. The fraction of sp³-hybridized carbons (Fsp3) is 0.0588. The standard InChI is InChI=1S/C17H10N4O6S/c22-17(26-11-3-1-10(2-4-11)21(23)24)15-9-28-16(18-15)8-25-12-5-6-13-14(7-12)20-27-19-13/h1-7,9H,8H2. The second kappa shape index (κ2) is 7.40. The zero-order chi connectivity index (χ0) is 19.5. The van der Waals surface area contributed by atoms with Crippen LogP contribution in [0.1, 0.15) is 15.5 Å². The van der Waals surface area contributed by atoms with Gasteiger partial charge in [0.1, 0.15) is 34.1 Å². The van der Waals surface area contributed by atoms with Gasteiger partial charge in [-0.25, -0.2) is 14.4 Å². The average molecular weight is 398 g/mol. The summed E-state index contributed by atoms with van der Waals surface area (Å²) in [6.07, 6.45) is 0. The molecule has 0 aliphatic carbocycles. The van der Waals surface area contributed by atoms with E-state index in [1.54, 1.807) is 23.6 Å². The second-order valence-corrected chi connectivity index (χ2v) is 6.41. The maximum absolute atomic E-state index is 12.2. The minimum Gasteiger partial charge on any atom is -0.486 e. The first-order chi connectivity index (χ1) is 13.6. The Morgan fingerprint density at radius 1 is 1.11 bits per heavy atom. The highest BCUT2D eigenvalue weighted by atomic mass is 32.1. The van der Waals surface area contributed by atoms with Crippen molar-refractivity contribution in [3.63, 3.8) is 0 Å². The van der Waals surface area contributed by atoms with Crippen molar-refractivity contribution < 1.29 is 23.8 Å². The Balaban J connectivity index is 1.37. The van der Waals surface area contributed by atoms with Gasteiger partial charge in [-0.1, -0.05) is 0 Å². The van der Waals surface area contributed by atoms with Gasteiger partial charge in [-0.05, 0) is 34.6 Å². The lowest BCUT2D eigenvalue weighted by Crippen LogP contribution is -2.09. The van der Waals surface area contributed by atoms with Crippen LogP contribution in [-0.4, -0.2) is 26.2 Å². The zero-order valence-electron chi connectivity index (χ0n) is 14.0. The molecular formula is C17H10N4O6S. The summed E-state index contributed by atoms with van der Waals surface area (Å²) in [6, 6.07) is 10.3. The van der Waals surface area contributed by atoms with Crippen LogP contribution in [0.25, 0.3) is 11.0 Å². The summed E-state index contributed by atoms with van der Waals surface area (Å²) in [5, 5.41) is 20.2. The number of rotatable bonds is 6. The van der Waals surface area contributed by atoms with Crippen molar-refractivity contribution in [2.24, 2.45) is 0 Å². The Kier molecular flexibility index (Phi) is 4.64. The minimum absolute atomic E-state index is 0.0903. The topological polar surface area (TPSA) is 130 Å². The Hall–Kier alpha value is -3.86. The Morgan fingerprint density at radius 2 is 1.86 bits per heavy atom. The van der Waals surface area contributed by atoms with Gasteiger partial charge in [0.15, 0.2) is 5.69 Å². The van der Waals surface area contributed by atoms with E-state index < -0.39 is 10.9 Å². The molecule has 0 aliphatic heterocycles. The van der Waals surface area contributed by atoms with Gasteiger partial charge in [0.2, 0.25) is 0 Å². The van der Waals surface area contributed by atoms with Crippen LogP contribution in [0.15, 0.2) is 52.5 Å². The average Bonchev–Trinajstić information content (AvgIpc) is 3.35. The predicted octanol–water partition coefficient (Wildman–Crippen LogP) is 3.39. The molecule has 0 fully saturated rings. The molecule has 4 rings (SSSR count). The number of fused-ring (bicyclic) bond motifs is 1. The van der Waals surface area contributed by atoms with Gasteiger partial charge >= 0.3 is 5.97 Å². The fourth-order valence-corrected chi connectivity index (χ4v) is 2.94. The SMILES string of the molecule is O=C(Oc1ccc([N+](=O)[O-])cc1)c1csc(COc2ccc3nonc3c2)n1. The molecule has 2 aromatic heterocycles. The number of nitro benzene ring substituents is 1. The molecule has 4 aromatic rings. The first kappa shape index (κ1) is 17.5. The number of nitro groups is 1. The number of thiazole rings is 1. The second-order valence-electron chi connectivity index (χ2n) is 5.47. The van der Waals surface area contributed by atoms with Crippen molar-refractivity contribution in [2.45, 2.75) is 6.61 Å². The number of ether oxygens (including phenoxy) is 2. The summed E-state index contributed by atoms with van der Waals surface area (Å²) in [7, 11) is 0. The van der Waals surface area contributed by atoms with Gasteiger partial charge in [0.05, 0.1) is 4.92 Å². The van der Waals surface area contributed by atoms with E-state index in [2.05, 4.69) is 19.9 Å². The molecule has 0 radical (unpaired) electrons. The van der Waals surface area contributed by atoms with E-state index in [0.717, 1.165) is 0 Å². The maximum Gasteiger partial charge on any atom is 0.363 e. The van der Waals surface area contributed by atoms with Crippen LogP contribution in [0.2, 0.25) is 0 Å². The summed E-state index contributed by atoms with van der Waals surface area (Å²) in [4.78, 5) is 26.4. The van der Waals surface area contributed by atoms with E-state index in [-0.39, 0.29) is 23.7 Å². The van der Waals surface area contributed by atoms with Crippen molar-refractivity contribution in [1.29, 1.82) is 0 Å². The van der Waals surface area contributed by atoms with Crippen LogP contribution in [0, 0.1) is 10.1 Å². The highest BCUT2D eigenvalue weighted by molar-refractivity contribution is 7.09. The summed E-state index contributed by atoms with van der Waals surface area (Å²) in [5.41, 5.74) is 1.23. The van der Waals surface area contributed by atoms with Crippen LogP contribution in [0.5, 0.6) is 11.5 Å². The number of hydrogen-bond donors (Lipinski definition) is 0. The van der Waals surface area contributed by atoms with Gasteiger partial charge < -0.3 is 9.47 Å². The molecule has 0 unspecified atom stereocenters. The lowest BCUT2D eigenvalue weighted by atomic mass is 10.3. The van der Waals surface area contributed by atoms with Crippen LogP contribution in [0.4, 0.5) is 5.69 Å². The molecule has 0 saturated heterocycles. The highest BCUT2D eigenvalue weighted by Crippen LogP contribution is 2.21. The summed E-state index contributed by atoms with van der Waals surface area (Å²) < 4.78 is 15.4. The predicted molar refractivity (Wildman–Crippen MR) is 96.3 cm³/mol. The Labute approximate surface area is 160 Å². The molecule has 0 amide bonds. The van der Waals surface area contributed by atoms with E-state index in [0.29, 0.717) is 21.8 Å².